The standard InChI is InChI=1S/C18H25N5O/c1-22(17-15-4-9-19-16(15)20-12-21-17)14-2-5-18(6-3-14)7-10-23(13-24)11-8-18/h4,9,12-14H,2-3,5-8,10-11H2,1H3,(H,19,20,21). The maximum atomic E-state index is 10.9. The van der Waals surface area contributed by atoms with E-state index in [4.69, 9.17) is 0 Å². The number of nitrogens with one attached hydrogen (secondary N) is 1. The van der Waals surface area contributed by atoms with Crippen LogP contribution in [0.15, 0.2) is 18.6 Å². The molecule has 1 aliphatic carbocycles. The van der Waals surface area contributed by atoms with Crippen LogP contribution >= 0.6 is 0 Å². The highest BCUT2D eigenvalue weighted by molar-refractivity contribution is 5.87. The van der Waals surface area contributed by atoms with Crippen molar-refractivity contribution in [3.63, 3.8) is 0 Å². The summed E-state index contributed by atoms with van der Waals surface area (Å²) in [6, 6.07) is 2.59. The molecule has 24 heavy (non-hydrogen) atoms. The van der Waals surface area contributed by atoms with Crippen LogP contribution in [0.5, 0.6) is 0 Å². The summed E-state index contributed by atoms with van der Waals surface area (Å²) >= 11 is 0. The highest BCUT2D eigenvalue weighted by Crippen LogP contribution is 2.45. The molecule has 0 bridgehead atoms. The summed E-state index contributed by atoms with van der Waals surface area (Å²) in [5.41, 5.74) is 1.37. The second-order valence-corrected chi connectivity index (χ2v) is 7.42. The number of carbonyl (C=O) groups is 1. The van der Waals surface area contributed by atoms with Gasteiger partial charge in [0.25, 0.3) is 0 Å². The predicted octanol–water partition coefficient (Wildman–Crippen LogP) is 2.58. The molecule has 2 aromatic heterocycles. The van der Waals surface area contributed by atoms with E-state index in [1.54, 1.807) is 6.33 Å². The first kappa shape index (κ1) is 15.4. The SMILES string of the molecule is CN(c1ncnc2[nH]ccc12)C1CCC2(CC1)CCN(C=O)CC2. The number of hydrogen-bond acceptors (Lipinski definition) is 4. The fraction of sp³-hybridized carbons (Fsp3) is 0.611. The minimum absolute atomic E-state index is 0.464. The van der Waals surface area contributed by atoms with E-state index in [0.717, 1.165) is 49.2 Å². The van der Waals surface area contributed by atoms with Crippen LogP contribution in [0.3, 0.4) is 0 Å². The van der Waals surface area contributed by atoms with E-state index in [0.29, 0.717) is 11.5 Å². The molecule has 1 N–H and O–H groups in total. The average molecular weight is 327 g/mol. The van der Waals surface area contributed by atoms with Gasteiger partial charge in [-0.25, -0.2) is 9.97 Å². The lowest BCUT2D eigenvalue weighted by Gasteiger charge is -2.46. The third-order valence-electron chi connectivity index (χ3n) is 6.24. The molecule has 1 saturated carbocycles. The minimum Gasteiger partial charge on any atom is -0.356 e. The van der Waals surface area contributed by atoms with Crippen LogP contribution < -0.4 is 4.90 Å². The summed E-state index contributed by atoms with van der Waals surface area (Å²) in [7, 11) is 2.16. The number of aromatic nitrogens is 3. The number of aromatic amines is 1. The second kappa shape index (κ2) is 6.07. The van der Waals surface area contributed by atoms with Gasteiger partial charge in [-0.2, -0.15) is 0 Å². The Balaban J connectivity index is 1.44. The van der Waals surface area contributed by atoms with Crippen LogP contribution in [-0.2, 0) is 4.79 Å². The average Bonchev–Trinajstić information content (AvgIpc) is 3.11. The van der Waals surface area contributed by atoms with E-state index in [1.807, 2.05) is 11.1 Å². The number of rotatable bonds is 3. The molecule has 0 radical (unpaired) electrons. The van der Waals surface area contributed by atoms with Gasteiger partial charge in [-0.15, -0.1) is 0 Å². The lowest BCUT2D eigenvalue weighted by Crippen LogP contribution is -2.45. The normalized spacial score (nSPS) is 21.3. The van der Waals surface area contributed by atoms with E-state index in [-0.39, 0.29) is 0 Å². The molecular weight excluding hydrogens is 302 g/mol. The topological polar surface area (TPSA) is 65.1 Å². The number of anilines is 1. The summed E-state index contributed by atoms with van der Waals surface area (Å²) in [6.45, 7) is 1.86. The zero-order valence-corrected chi connectivity index (χ0v) is 14.2. The molecule has 1 spiro atoms. The van der Waals surface area contributed by atoms with Crippen molar-refractivity contribution in [3.05, 3.63) is 18.6 Å². The lowest BCUT2D eigenvalue weighted by atomic mass is 9.67. The molecule has 2 fully saturated rings. The Morgan fingerprint density at radius 3 is 2.71 bits per heavy atom. The van der Waals surface area contributed by atoms with Crippen molar-refractivity contribution in [1.29, 1.82) is 0 Å². The van der Waals surface area contributed by atoms with E-state index in [9.17, 15) is 4.79 Å². The maximum absolute atomic E-state index is 10.9. The van der Waals surface area contributed by atoms with Crippen molar-refractivity contribution in [2.45, 2.75) is 44.6 Å². The molecule has 0 unspecified atom stereocenters. The zero-order chi connectivity index (χ0) is 16.6. The van der Waals surface area contributed by atoms with Crippen LogP contribution in [0.4, 0.5) is 5.82 Å². The molecule has 6 nitrogen and oxygen atoms in total. The second-order valence-electron chi connectivity index (χ2n) is 7.42. The van der Waals surface area contributed by atoms with Gasteiger partial charge in [0.15, 0.2) is 0 Å². The number of fused-ring (bicyclic) bond motifs is 1. The number of H-pyrrole nitrogens is 1. The molecule has 3 heterocycles. The van der Waals surface area contributed by atoms with Crippen LogP contribution in [0.25, 0.3) is 11.0 Å². The Labute approximate surface area is 142 Å². The molecule has 0 aromatic carbocycles. The van der Waals surface area contributed by atoms with E-state index >= 15 is 0 Å². The maximum Gasteiger partial charge on any atom is 0.209 e. The van der Waals surface area contributed by atoms with Gasteiger partial charge in [0.2, 0.25) is 6.41 Å². The Hall–Kier alpha value is -2.11. The Bertz CT molecular complexity index is 709. The molecule has 1 saturated heterocycles. The quantitative estimate of drug-likeness (QED) is 0.880. The number of likely N-dealkylation sites (tertiary alicyclic amines) is 1. The van der Waals surface area contributed by atoms with Crippen LogP contribution in [-0.4, -0.2) is 52.4 Å². The molecule has 128 valence electrons. The Morgan fingerprint density at radius 2 is 2.00 bits per heavy atom. The highest BCUT2D eigenvalue weighted by Gasteiger charge is 2.39. The Kier molecular flexibility index (Phi) is 3.90. The molecule has 0 atom stereocenters. The van der Waals surface area contributed by atoms with Gasteiger partial charge in [-0.1, -0.05) is 0 Å². The largest absolute Gasteiger partial charge is 0.356 e. The molecule has 6 heteroatoms. The van der Waals surface area contributed by atoms with Gasteiger partial charge < -0.3 is 14.8 Å². The molecule has 2 aliphatic rings. The van der Waals surface area contributed by atoms with Crippen LogP contribution in [0.2, 0.25) is 0 Å². The van der Waals surface area contributed by atoms with Crippen LogP contribution in [0.1, 0.15) is 38.5 Å². The first-order chi connectivity index (χ1) is 11.7. The highest BCUT2D eigenvalue weighted by atomic mass is 16.1. The van der Waals surface area contributed by atoms with Gasteiger partial charge in [0, 0.05) is 32.4 Å². The predicted molar refractivity (Wildman–Crippen MR) is 93.9 cm³/mol. The van der Waals surface area contributed by atoms with Gasteiger partial charge in [0.1, 0.15) is 17.8 Å². The smallest absolute Gasteiger partial charge is 0.209 e. The number of amides is 1. The lowest BCUT2D eigenvalue weighted by molar-refractivity contribution is -0.120. The van der Waals surface area contributed by atoms with Crippen molar-refractivity contribution in [2.75, 3.05) is 25.0 Å². The summed E-state index contributed by atoms with van der Waals surface area (Å²) < 4.78 is 0. The molecular formula is C18H25N5O. The first-order valence-electron chi connectivity index (χ1n) is 8.91. The molecule has 4 rings (SSSR count). The zero-order valence-electron chi connectivity index (χ0n) is 14.2. The third-order valence-corrected chi connectivity index (χ3v) is 6.24. The third kappa shape index (κ3) is 2.64. The van der Waals surface area contributed by atoms with Crippen LogP contribution in [0, 0.1) is 5.41 Å². The Morgan fingerprint density at radius 1 is 1.25 bits per heavy atom. The molecule has 1 aliphatic heterocycles. The summed E-state index contributed by atoms with van der Waals surface area (Å²) in [5, 5.41) is 1.10. The summed E-state index contributed by atoms with van der Waals surface area (Å²) in [5.74, 6) is 1.03. The van der Waals surface area contributed by atoms with E-state index in [2.05, 4.69) is 33.0 Å². The number of piperidine rings is 1. The molecule has 1 amide bonds. The van der Waals surface area contributed by atoms with Gasteiger partial charge >= 0.3 is 0 Å². The molecule has 2 aromatic rings. The monoisotopic (exact) mass is 327 g/mol. The van der Waals surface area contributed by atoms with Crippen molar-refractivity contribution in [1.82, 2.24) is 19.9 Å². The van der Waals surface area contributed by atoms with Gasteiger partial charge in [0.05, 0.1) is 5.39 Å². The first-order valence-corrected chi connectivity index (χ1v) is 8.91. The number of carbonyl (C=O) groups excluding carboxylic acids is 1. The minimum atomic E-state index is 0.464. The van der Waals surface area contributed by atoms with Crippen molar-refractivity contribution >= 4 is 23.3 Å². The van der Waals surface area contributed by atoms with E-state index < -0.39 is 0 Å². The van der Waals surface area contributed by atoms with Crippen molar-refractivity contribution in [2.24, 2.45) is 5.41 Å². The summed E-state index contributed by atoms with van der Waals surface area (Å²) in [6.07, 6.45) is 11.8. The number of hydrogen-bond donors (Lipinski definition) is 1. The van der Waals surface area contributed by atoms with Gasteiger partial charge in [-0.3, -0.25) is 4.79 Å². The fourth-order valence-electron chi connectivity index (χ4n) is 4.52. The van der Waals surface area contributed by atoms with Gasteiger partial charge in [-0.05, 0) is 50.0 Å². The van der Waals surface area contributed by atoms with Crippen molar-refractivity contribution < 1.29 is 4.79 Å². The van der Waals surface area contributed by atoms with Crippen molar-refractivity contribution in [3.8, 4) is 0 Å². The summed E-state index contributed by atoms with van der Waals surface area (Å²) in [4.78, 5) is 27.2. The fourth-order valence-corrected chi connectivity index (χ4v) is 4.52. The number of nitrogens with zero attached hydrogens (tertiary/aromatic N) is 4. The van der Waals surface area contributed by atoms with E-state index in [1.165, 1.54) is 25.7 Å².